The topological polar surface area (TPSA) is 106 Å². The Bertz CT molecular complexity index is 850. The van der Waals surface area contributed by atoms with E-state index in [4.69, 9.17) is 0 Å². The Balaban J connectivity index is 2.05. The Kier molecular flexibility index (Phi) is 4.70. The quantitative estimate of drug-likeness (QED) is 0.512. The van der Waals surface area contributed by atoms with Crippen LogP contribution >= 0.6 is 0 Å². The van der Waals surface area contributed by atoms with Gasteiger partial charge in [0.1, 0.15) is 0 Å². The minimum atomic E-state index is -4.79. The van der Waals surface area contributed by atoms with Crippen molar-refractivity contribution in [2.24, 2.45) is 0 Å². The molecule has 0 atom stereocenters. The molecule has 0 aliphatic heterocycles. The molecule has 0 fully saturated rings. The highest BCUT2D eigenvalue weighted by Gasteiger charge is 2.12. The zero-order valence-electron chi connectivity index (χ0n) is 11.6. The van der Waals surface area contributed by atoms with Gasteiger partial charge in [-0.15, -0.1) is 3.89 Å². The van der Waals surface area contributed by atoms with E-state index >= 15 is 0 Å². The monoisotopic (exact) mass is 338 g/mol. The predicted octanol–water partition coefficient (Wildman–Crippen LogP) is 2.43. The lowest BCUT2D eigenvalue weighted by atomic mass is 10.1. The van der Waals surface area contributed by atoms with Crippen molar-refractivity contribution in [3.8, 4) is 0 Å². The minimum Gasteiger partial charge on any atom is -0.326 e. The number of carbonyl (C=O) groups is 1. The van der Waals surface area contributed by atoms with Crippen molar-refractivity contribution >= 4 is 27.5 Å². The number of nitro benzene ring substituents is 1. The van der Waals surface area contributed by atoms with E-state index in [2.05, 4.69) is 5.32 Å². The molecular formula is C14H11FN2O5S. The maximum absolute atomic E-state index is 12.7. The predicted molar refractivity (Wildman–Crippen MR) is 80.2 cm³/mol. The lowest BCUT2D eigenvalue weighted by Crippen LogP contribution is -2.14. The summed E-state index contributed by atoms with van der Waals surface area (Å²) in [5.74, 6) is -0.443. The van der Waals surface area contributed by atoms with E-state index in [1.54, 1.807) is 6.07 Å². The lowest BCUT2D eigenvalue weighted by molar-refractivity contribution is -0.384. The van der Waals surface area contributed by atoms with E-state index < -0.39 is 25.9 Å². The molecular weight excluding hydrogens is 327 g/mol. The number of non-ortho nitro benzene ring substituents is 1. The van der Waals surface area contributed by atoms with Gasteiger partial charge in [0.05, 0.1) is 16.2 Å². The smallest absolute Gasteiger partial charge is 0.326 e. The number of hydrogen-bond acceptors (Lipinski definition) is 5. The largest absolute Gasteiger partial charge is 0.332 e. The molecule has 0 aliphatic rings. The minimum absolute atomic E-state index is 0.0924. The van der Waals surface area contributed by atoms with Crippen molar-refractivity contribution in [2.75, 3.05) is 5.32 Å². The van der Waals surface area contributed by atoms with Crippen molar-refractivity contribution < 1.29 is 22.0 Å². The van der Waals surface area contributed by atoms with Crippen molar-refractivity contribution in [1.82, 2.24) is 0 Å². The highest BCUT2D eigenvalue weighted by atomic mass is 32.3. The second-order valence-electron chi connectivity index (χ2n) is 4.61. The van der Waals surface area contributed by atoms with Gasteiger partial charge in [-0.05, 0) is 29.8 Å². The number of nitrogens with one attached hydrogen (secondary N) is 1. The Morgan fingerprint density at radius 3 is 2.39 bits per heavy atom. The second kappa shape index (κ2) is 6.53. The molecule has 23 heavy (non-hydrogen) atoms. The first-order valence-electron chi connectivity index (χ1n) is 6.33. The summed E-state index contributed by atoms with van der Waals surface area (Å²) in [4.78, 5) is 21.5. The summed E-state index contributed by atoms with van der Waals surface area (Å²) in [5.41, 5.74) is 0.625. The van der Waals surface area contributed by atoms with Crippen molar-refractivity contribution in [2.45, 2.75) is 11.3 Å². The van der Waals surface area contributed by atoms with Crippen LogP contribution in [0, 0.1) is 10.1 Å². The van der Waals surface area contributed by atoms with E-state index in [1.165, 1.54) is 30.3 Å². The lowest BCUT2D eigenvalue weighted by Gasteiger charge is -2.06. The van der Waals surface area contributed by atoms with Crippen LogP contribution in [0.5, 0.6) is 0 Å². The van der Waals surface area contributed by atoms with E-state index in [0.717, 1.165) is 12.1 Å². The van der Waals surface area contributed by atoms with Gasteiger partial charge in [0, 0.05) is 17.8 Å². The fraction of sp³-hybridized carbons (Fsp3) is 0.0714. The van der Waals surface area contributed by atoms with Crippen LogP contribution in [0.2, 0.25) is 0 Å². The maximum Gasteiger partial charge on any atom is 0.332 e. The summed E-state index contributed by atoms with van der Waals surface area (Å²) in [6.45, 7) is 0. The fourth-order valence-electron chi connectivity index (χ4n) is 1.87. The van der Waals surface area contributed by atoms with Crippen LogP contribution in [0.1, 0.15) is 5.56 Å². The van der Waals surface area contributed by atoms with E-state index in [1.807, 2.05) is 0 Å². The van der Waals surface area contributed by atoms with Crippen LogP contribution in [0.4, 0.5) is 15.3 Å². The van der Waals surface area contributed by atoms with Crippen LogP contribution in [0.15, 0.2) is 53.4 Å². The number of rotatable bonds is 5. The van der Waals surface area contributed by atoms with Gasteiger partial charge in [-0.3, -0.25) is 14.9 Å². The Labute approximate surface area is 131 Å². The summed E-state index contributed by atoms with van der Waals surface area (Å²) in [7, 11) is -4.79. The average molecular weight is 338 g/mol. The zero-order chi connectivity index (χ0) is 17.0. The number of hydrogen-bond donors (Lipinski definition) is 1. The zero-order valence-corrected chi connectivity index (χ0v) is 12.4. The van der Waals surface area contributed by atoms with E-state index in [0.29, 0.717) is 5.56 Å². The number of anilines is 1. The number of nitrogens with zero attached hydrogens (tertiary/aromatic N) is 1. The first-order valence-corrected chi connectivity index (χ1v) is 7.72. The molecule has 2 rings (SSSR count). The molecule has 0 saturated carbocycles. The molecule has 0 saturated heterocycles. The van der Waals surface area contributed by atoms with Gasteiger partial charge in [-0.25, -0.2) is 0 Å². The Morgan fingerprint density at radius 1 is 1.17 bits per heavy atom. The number of amides is 1. The molecule has 120 valence electrons. The van der Waals surface area contributed by atoms with Gasteiger partial charge in [-0.2, -0.15) is 8.42 Å². The van der Waals surface area contributed by atoms with Crippen LogP contribution < -0.4 is 5.32 Å². The van der Waals surface area contributed by atoms with E-state index in [-0.39, 0.29) is 17.8 Å². The van der Waals surface area contributed by atoms with Crippen molar-refractivity contribution in [3.05, 3.63) is 64.2 Å². The summed E-state index contributed by atoms with van der Waals surface area (Å²) in [6.07, 6.45) is -0.0924. The molecule has 0 radical (unpaired) electrons. The standard InChI is InChI=1S/C14H11FN2O5S/c15-23(21,22)13-6-4-11(5-7-13)16-14(18)9-10-2-1-3-12(8-10)17(19)20/h1-8H,9H2,(H,16,18). The van der Waals surface area contributed by atoms with E-state index in [9.17, 15) is 27.2 Å². The third-order valence-electron chi connectivity index (χ3n) is 2.91. The third kappa shape index (κ3) is 4.58. The summed E-state index contributed by atoms with van der Waals surface area (Å²) in [6, 6.07) is 10.2. The summed E-state index contributed by atoms with van der Waals surface area (Å²) >= 11 is 0. The second-order valence-corrected chi connectivity index (χ2v) is 5.96. The average Bonchev–Trinajstić information content (AvgIpc) is 2.47. The molecule has 1 amide bonds. The molecule has 0 aliphatic carbocycles. The first kappa shape index (κ1) is 16.6. The molecule has 0 spiro atoms. The fourth-order valence-corrected chi connectivity index (χ4v) is 2.33. The van der Waals surface area contributed by atoms with Gasteiger partial charge in [0.25, 0.3) is 5.69 Å². The molecule has 1 N–H and O–H groups in total. The Hall–Kier alpha value is -2.81. The number of benzene rings is 2. The van der Waals surface area contributed by atoms with Crippen LogP contribution in [-0.4, -0.2) is 19.2 Å². The van der Waals surface area contributed by atoms with Crippen LogP contribution in [0.3, 0.4) is 0 Å². The molecule has 0 aromatic heterocycles. The van der Waals surface area contributed by atoms with Crippen molar-refractivity contribution in [3.63, 3.8) is 0 Å². The van der Waals surface area contributed by atoms with Gasteiger partial charge in [0.15, 0.2) is 0 Å². The summed E-state index contributed by atoms with van der Waals surface area (Å²) < 4.78 is 34.1. The molecule has 0 bridgehead atoms. The number of nitro groups is 1. The number of carbonyl (C=O) groups excluding carboxylic acids is 1. The van der Waals surface area contributed by atoms with Gasteiger partial charge in [-0.1, -0.05) is 12.1 Å². The van der Waals surface area contributed by atoms with Crippen LogP contribution in [0.25, 0.3) is 0 Å². The number of halogens is 1. The molecule has 0 heterocycles. The normalized spacial score (nSPS) is 11.0. The molecule has 0 unspecified atom stereocenters. The molecule has 7 nitrogen and oxygen atoms in total. The SMILES string of the molecule is O=C(Cc1cccc([N+](=O)[O-])c1)Nc1ccc(S(=O)(=O)F)cc1. The van der Waals surface area contributed by atoms with Gasteiger partial charge in [0.2, 0.25) is 5.91 Å². The third-order valence-corrected chi connectivity index (χ3v) is 3.74. The van der Waals surface area contributed by atoms with Gasteiger partial charge >= 0.3 is 10.2 Å². The van der Waals surface area contributed by atoms with Crippen LogP contribution in [-0.2, 0) is 21.4 Å². The van der Waals surface area contributed by atoms with Gasteiger partial charge < -0.3 is 5.32 Å². The first-order chi connectivity index (χ1) is 10.8. The maximum atomic E-state index is 12.7. The Morgan fingerprint density at radius 2 is 1.83 bits per heavy atom. The molecule has 2 aromatic carbocycles. The summed E-state index contributed by atoms with van der Waals surface area (Å²) in [5, 5.41) is 13.2. The molecule has 9 heteroatoms. The highest BCUT2D eigenvalue weighted by molar-refractivity contribution is 7.86. The molecule has 2 aromatic rings. The van der Waals surface area contributed by atoms with Crippen molar-refractivity contribution in [1.29, 1.82) is 0 Å². The highest BCUT2D eigenvalue weighted by Crippen LogP contribution is 2.17.